The Hall–Kier alpha value is -0.280. The van der Waals surface area contributed by atoms with E-state index in [9.17, 15) is 0 Å². The summed E-state index contributed by atoms with van der Waals surface area (Å²) in [5, 5.41) is 1.05. The maximum atomic E-state index is 5.37. The monoisotopic (exact) mass is 232 g/mol. The van der Waals surface area contributed by atoms with Gasteiger partial charge in [0.2, 0.25) is 0 Å². The lowest BCUT2D eigenvalue weighted by Crippen LogP contribution is -1.94. The van der Waals surface area contributed by atoms with Crippen molar-refractivity contribution in [3.8, 4) is 0 Å². The van der Waals surface area contributed by atoms with E-state index >= 15 is 0 Å². The van der Waals surface area contributed by atoms with Crippen LogP contribution in [-0.4, -0.2) is 11.9 Å². The SMILES string of the molecule is BrCCCCOCc1ccco1. The molecule has 0 amide bonds. The van der Waals surface area contributed by atoms with Crippen LogP contribution in [0.1, 0.15) is 18.6 Å². The van der Waals surface area contributed by atoms with Crippen molar-refractivity contribution in [1.29, 1.82) is 0 Å². The van der Waals surface area contributed by atoms with Crippen LogP contribution in [0.5, 0.6) is 0 Å². The van der Waals surface area contributed by atoms with Crippen molar-refractivity contribution in [2.45, 2.75) is 19.4 Å². The van der Waals surface area contributed by atoms with Gasteiger partial charge in [0.1, 0.15) is 12.4 Å². The molecule has 0 unspecified atom stereocenters. The topological polar surface area (TPSA) is 22.4 Å². The van der Waals surface area contributed by atoms with Gasteiger partial charge in [-0.1, -0.05) is 15.9 Å². The zero-order valence-corrected chi connectivity index (χ0v) is 8.55. The van der Waals surface area contributed by atoms with Crippen LogP contribution < -0.4 is 0 Å². The van der Waals surface area contributed by atoms with Crippen LogP contribution in [0.3, 0.4) is 0 Å². The van der Waals surface area contributed by atoms with Crippen molar-refractivity contribution in [3.63, 3.8) is 0 Å². The lowest BCUT2D eigenvalue weighted by Gasteiger charge is -1.99. The molecule has 12 heavy (non-hydrogen) atoms. The molecular formula is C9H13BrO2. The van der Waals surface area contributed by atoms with Gasteiger partial charge >= 0.3 is 0 Å². The normalized spacial score (nSPS) is 10.4. The fraction of sp³-hybridized carbons (Fsp3) is 0.556. The molecule has 0 aliphatic heterocycles. The number of rotatable bonds is 6. The van der Waals surface area contributed by atoms with Crippen molar-refractivity contribution in [3.05, 3.63) is 24.2 Å². The number of furan rings is 1. The molecule has 1 heterocycles. The number of alkyl halides is 1. The molecule has 0 bridgehead atoms. The smallest absolute Gasteiger partial charge is 0.129 e. The summed E-state index contributed by atoms with van der Waals surface area (Å²) >= 11 is 3.37. The Bertz CT molecular complexity index is 184. The first-order valence-corrected chi connectivity index (χ1v) is 5.21. The first-order chi connectivity index (χ1) is 5.93. The highest BCUT2D eigenvalue weighted by Crippen LogP contribution is 2.02. The zero-order valence-electron chi connectivity index (χ0n) is 6.96. The molecule has 0 saturated heterocycles. The molecule has 0 aromatic carbocycles. The van der Waals surface area contributed by atoms with Gasteiger partial charge in [0, 0.05) is 11.9 Å². The summed E-state index contributed by atoms with van der Waals surface area (Å²) < 4.78 is 10.5. The van der Waals surface area contributed by atoms with E-state index in [1.54, 1.807) is 6.26 Å². The van der Waals surface area contributed by atoms with Crippen LogP contribution in [0.25, 0.3) is 0 Å². The maximum absolute atomic E-state index is 5.37. The van der Waals surface area contributed by atoms with E-state index in [4.69, 9.17) is 9.15 Å². The number of ether oxygens (including phenoxy) is 1. The summed E-state index contributed by atoms with van der Waals surface area (Å²) in [6.45, 7) is 1.40. The second-order valence-corrected chi connectivity index (χ2v) is 3.32. The Labute approximate surface area is 81.0 Å². The molecule has 0 radical (unpaired) electrons. The molecule has 1 aromatic rings. The van der Waals surface area contributed by atoms with Gasteiger partial charge in [-0.3, -0.25) is 0 Å². The Morgan fingerprint density at radius 2 is 2.33 bits per heavy atom. The molecule has 0 fully saturated rings. The average molecular weight is 233 g/mol. The second-order valence-electron chi connectivity index (χ2n) is 2.53. The van der Waals surface area contributed by atoms with Crippen LogP contribution >= 0.6 is 15.9 Å². The predicted octanol–water partition coefficient (Wildman–Crippen LogP) is 2.97. The van der Waals surface area contributed by atoms with E-state index in [0.717, 1.165) is 30.5 Å². The third kappa shape index (κ3) is 3.93. The first kappa shape index (κ1) is 9.81. The first-order valence-electron chi connectivity index (χ1n) is 4.09. The third-order valence-electron chi connectivity index (χ3n) is 1.50. The lowest BCUT2D eigenvalue weighted by atomic mass is 10.4. The van der Waals surface area contributed by atoms with Crippen molar-refractivity contribution in [1.82, 2.24) is 0 Å². The highest BCUT2D eigenvalue weighted by Gasteiger charge is 1.94. The molecule has 0 atom stereocenters. The molecule has 68 valence electrons. The van der Waals surface area contributed by atoms with Crippen LogP contribution in [0.2, 0.25) is 0 Å². The minimum Gasteiger partial charge on any atom is -0.467 e. The van der Waals surface area contributed by atoms with Gasteiger partial charge in [-0.25, -0.2) is 0 Å². The zero-order chi connectivity index (χ0) is 8.65. The Kier molecular flexibility index (Phi) is 5.11. The third-order valence-corrected chi connectivity index (χ3v) is 2.06. The number of hydrogen-bond donors (Lipinski definition) is 0. The van der Waals surface area contributed by atoms with Gasteiger partial charge < -0.3 is 9.15 Å². The fourth-order valence-electron chi connectivity index (χ4n) is 0.866. The molecule has 0 spiro atoms. The summed E-state index contributed by atoms with van der Waals surface area (Å²) in [4.78, 5) is 0. The lowest BCUT2D eigenvalue weighted by molar-refractivity contribution is 0.104. The summed E-state index contributed by atoms with van der Waals surface area (Å²) in [5.74, 6) is 0.897. The second kappa shape index (κ2) is 6.26. The molecule has 0 N–H and O–H groups in total. The molecule has 1 rings (SSSR count). The van der Waals surface area contributed by atoms with Gasteiger partial charge in [0.15, 0.2) is 0 Å². The standard InChI is InChI=1S/C9H13BrO2/c10-5-1-2-6-11-8-9-4-3-7-12-9/h3-4,7H,1-2,5-6,8H2. The number of hydrogen-bond acceptors (Lipinski definition) is 2. The quantitative estimate of drug-likeness (QED) is 0.556. The minimum absolute atomic E-state index is 0.593. The summed E-state index contributed by atoms with van der Waals surface area (Å²) in [6.07, 6.45) is 3.93. The molecule has 0 aliphatic rings. The van der Waals surface area contributed by atoms with E-state index in [1.807, 2.05) is 12.1 Å². The summed E-state index contributed by atoms with van der Waals surface area (Å²) in [6, 6.07) is 3.79. The molecule has 1 aromatic heterocycles. The van der Waals surface area contributed by atoms with Gasteiger partial charge in [0.25, 0.3) is 0 Å². The van der Waals surface area contributed by atoms with Crippen molar-refractivity contribution >= 4 is 15.9 Å². The van der Waals surface area contributed by atoms with E-state index in [2.05, 4.69) is 15.9 Å². The van der Waals surface area contributed by atoms with Crippen LogP contribution in [-0.2, 0) is 11.3 Å². The largest absolute Gasteiger partial charge is 0.467 e. The van der Waals surface area contributed by atoms with Crippen LogP contribution in [0.15, 0.2) is 22.8 Å². The molecule has 0 aliphatic carbocycles. The summed E-state index contributed by atoms with van der Waals surface area (Å²) in [5.41, 5.74) is 0. The molecule has 3 heteroatoms. The fourth-order valence-corrected chi connectivity index (χ4v) is 1.26. The van der Waals surface area contributed by atoms with Crippen molar-refractivity contribution in [2.75, 3.05) is 11.9 Å². The number of unbranched alkanes of at least 4 members (excludes halogenated alkanes) is 1. The Morgan fingerprint density at radius 1 is 1.42 bits per heavy atom. The van der Waals surface area contributed by atoms with Gasteiger partial charge in [-0.15, -0.1) is 0 Å². The molecular weight excluding hydrogens is 220 g/mol. The average Bonchev–Trinajstić information content (AvgIpc) is 2.57. The highest BCUT2D eigenvalue weighted by molar-refractivity contribution is 9.09. The van der Waals surface area contributed by atoms with Crippen molar-refractivity contribution < 1.29 is 9.15 Å². The van der Waals surface area contributed by atoms with Crippen LogP contribution in [0.4, 0.5) is 0 Å². The predicted molar refractivity (Wildman–Crippen MR) is 51.4 cm³/mol. The van der Waals surface area contributed by atoms with Crippen molar-refractivity contribution in [2.24, 2.45) is 0 Å². The van der Waals surface area contributed by atoms with Gasteiger partial charge in [-0.2, -0.15) is 0 Å². The number of halogens is 1. The van der Waals surface area contributed by atoms with Crippen LogP contribution in [0, 0.1) is 0 Å². The van der Waals surface area contributed by atoms with E-state index in [1.165, 1.54) is 0 Å². The van der Waals surface area contributed by atoms with E-state index in [-0.39, 0.29) is 0 Å². The highest BCUT2D eigenvalue weighted by atomic mass is 79.9. The van der Waals surface area contributed by atoms with Gasteiger partial charge in [-0.05, 0) is 25.0 Å². The maximum Gasteiger partial charge on any atom is 0.129 e. The summed E-state index contributed by atoms with van der Waals surface area (Å²) in [7, 11) is 0. The minimum atomic E-state index is 0.593. The molecule has 0 saturated carbocycles. The van der Waals surface area contributed by atoms with E-state index in [0.29, 0.717) is 6.61 Å². The Morgan fingerprint density at radius 3 is 3.00 bits per heavy atom. The Balaban J connectivity index is 1.96. The molecule has 2 nitrogen and oxygen atoms in total. The van der Waals surface area contributed by atoms with E-state index < -0.39 is 0 Å². The van der Waals surface area contributed by atoms with Gasteiger partial charge in [0.05, 0.1) is 6.26 Å².